The summed E-state index contributed by atoms with van der Waals surface area (Å²) in [5.74, 6) is 0. The molecule has 2 nitrogen and oxygen atoms in total. The standard InChI is InChI=1S/C13H10BrF3N2/c14-8-1-6-12(11(7-8)13(15,16)17)19-10-4-2-9(18)3-5-10/h1-7,19H,18H2. The van der Waals surface area contributed by atoms with Gasteiger partial charge in [-0.1, -0.05) is 15.9 Å². The van der Waals surface area contributed by atoms with Gasteiger partial charge in [-0.25, -0.2) is 0 Å². The zero-order chi connectivity index (χ0) is 14.0. The summed E-state index contributed by atoms with van der Waals surface area (Å²) in [5, 5.41) is 2.74. The first-order valence-electron chi connectivity index (χ1n) is 5.35. The highest BCUT2D eigenvalue weighted by molar-refractivity contribution is 9.10. The van der Waals surface area contributed by atoms with E-state index in [9.17, 15) is 13.2 Å². The van der Waals surface area contributed by atoms with Crippen LogP contribution in [0.25, 0.3) is 0 Å². The van der Waals surface area contributed by atoms with Crippen molar-refractivity contribution >= 4 is 33.0 Å². The molecular formula is C13H10BrF3N2. The van der Waals surface area contributed by atoms with E-state index in [0.29, 0.717) is 15.8 Å². The first-order valence-corrected chi connectivity index (χ1v) is 6.15. The second-order valence-corrected chi connectivity index (χ2v) is 4.85. The van der Waals surface area contributed by atoms with Crippen LogP contribution in [0.15, 0.2) is 46.9 Å². The Balaban J connectivity index is 2.37. The Kier molecular flexibility index (Phi) is 3.71. The monoisotopic (exact) mass is 330 g/mol. The third-order valence-electron chi connectivity index (χ3n) is 2.48. The molecule has 0 aromatic heterocycles. The Labute approximate surface area is 116 Å². The number of rotatable bonds is 2. The third-order valence-corrected chi connectivity index (χ3v) is 2.97. The van der Waals surface area contributed by atoms with Crippen molar-refractivity contribution in [3.05, 3.63) is 52.5 Å². The third kappa shape index (κ3) is 3.41. The summed E-state index contributed by atoms with van der Waals surface area (Å²) in [7, 11) is 0. The molecule has 0 fully saturated rings. The number of benzene rings is 2. The molecule has 0 aliphatic carbocycles. The van der Waals surface area contributed by atoms with Crippen molar-refractivity contribution in [2.45, 2.75) is 6.18 Å². The Morgan fingerprint density at radius 2 is 1.63 bits per heavy atom. The van der Waals surface area contributed by atoms with E-state index in [1.807, 2.05) is 0 Å². The zero-order valence-corrected chi connectivity index (χ0v) is 11.2. The minimum Gasteiger partial charge on any atom is -0.399 e. The molecule has 0 saturated heterocycles. The topological polar surface area (TPSA) is 38.0 Å². The van der Waals surface area contributed by atoms with Crippen molar-refractivity contribution in [3.63, 3.8) is 0 Å². The van der Waals surface area contributed by atoms with Crippen molar-refractivity contribution in [2.75, 3.05) is 11.1 Å². The molecule has 0 heterocycles. The van der Waals surface area contributed by atoms with Crippen LogP contribution < -0.4 is 11.1 Å². The fourth-order valence-electron chi connectivity index (χ4n) is 1.58. The zero-order valence-electron chi connectivity index (χ0n) is 9.63. The SMILES string of the molecule is Nc1ccc(Nc2ccc(Br)cc2C(F)(F)F)cc1. The molecular weight excluding hydrogens is 321 g/mol. The van der Waals surface area contributed by atoms with Gasteiger partial charge in [-0.2, -0.15) is 13.2 Å². The maximum Gasteiger partial charge on any atom is 0.418 e. The van der Waals surface area contributed by atoms with Crippen molar-refractivity contribution in [1.29, 1.82) is 0 Å². The molecule has 0 radical (unpaired) electrons. The van der Waals surface area contributed by atoms with Gasteiger partial charge in [-0.05, 0) is 42.5 Å². The molecule has 0 saturated carbocycles. The lowest BCUT2D eigenvalue weighted by molar-refractivity contribution is -0.137. The van der Waals surface area contributed by atoms with E-state index in [1.165, 1.54) is 6.07 Å². The summed E-state index contributed by atoms with van der Waals surface area (Å²) in [6.07, 6.45) is -4.42. The second kappa shape index (κ2) is 5.13. The molecule has 100 valence electrons. The van der Waals surface area contributed by atoms with Crippen LogP contribution >= 0.6 is 15.9 Å². The van der Waals surface area contributed by atoms with Crippen LogP contribution in [0.5, 0.6) is 0 Å². The molecule has 0 amide bonds. The van der Waals surface area contributed by atoms with Crippen LogP contribution in [0.2, 0.25) is 0 Å². The van der Waals surface area contributed by atoms with Gasteiger partial charge in [-0.3, -0.25) is 0 Å². The van der Waals surface area contributed by atoms with Gasteiger partial charge >= 0.3 is 6.18 Å². The van der Waals surface area contributed by atoms with Crippen LogP contribution in [0, 0.1) is 0 Å². The van der Waals surface area contributed by atoms with E-state index in [1.54, 1.807) is 30.3 Å². The molecule has 2 aromatic carbocycles. The average Bonchev–Trinajstić information content (AvgIpc) is 2.33. The lowest BCUT2D eigenvalue weighted by Crippen LogP contribution is -2.08. The van der Waals surface area contributed by atoms with Crippen LogP contribution in [0.4, 0.5) is 30.2 Å². The van der Waals surface area contributed by atoms with E-state index in [-0.39, 0.29) is 5.69 Å². The van der Waals surface area contributed by atoms with Crippen LogP contribution in [0.1, 0.15) is 5.56 Å². The van der Waals surface area contributed by atoms with Gasteiger partial charge in [0.25, 0.3) is 0 Å². The Hall–Kier alpha value is -1.69. The molecule has 0 aliphatic heterocycles. The van der Waals surface area contributed by atoms with E-state index < -0.39 is 11.7 Å². The largest absolute Gasteiger partial charge is 0.418 e. The van der Waals surface area contributed by atoms with Crippen LogP contribution in [0.3, 0.4) is 0 Å². The maximum atomic E-state index is 12.9. The minimum atomic E-state index is -4.42. The number of halogens is 4. The van der Waals surface area contributed by atoms with E-state index >= 15 is 0 Å². The summed E-state index contributed by atoms with van der Waals surface area (Å²) in [6.45, 7) is 0. The number of anilines is 3. The van der Waals surface area contributed by atoms with Crippen LogP contribution in [-0.2, 0) is 6.18 Å². The summed E-state index contributed by atoms with van der Waals surface area (Å²) >= 11 is 3.04. The Morgan fingerprint density at radius 1 is 1.00 bits per heavy atom. The summed E-state index contributed by atoms with van der Waals surface area (Å²) < 4.78 is 39.1. The normalized spacial score (nSPS) is 11.4. The number of hydrogen-bond donors (Lipinski definition) is 2. The molecule has 2 rings (SSSR count). The molecule has 0 spiro atoms. The van der Waals surface area contributed by atoms with Gasteiger partial charge < -0.3 is 11.1 Å². The summed E-state index contributed by atoms with van der Waals surface area (Å²) in [6, 6.07) is 10.5. The molecule has 0 bridgehead atoms. The van der Waals surface area contributed by atoms with E-state index in [4.69, 9.17) is 5.73 Å². The number of nitrogens with two attached hydrogens (primary N) is 1. The van der Waals surface area contributed by atoms with Gasteiger partial charge in [-0.15, -0.1) is 0 Å². The van der Waals surface area contributed by atoms with Gasteiger partial charge in [0, 0.05) is 15.8 Å². The van der Waals surface area contributed by atoms with E-state index in [2.05, 4.69) is 21.2 Å². The predicted molar refractivity (Wildman–Crippen MR) is 73.3 cm³/mol. The predicted octanol–water partition coefficient (Wildman–Crippen LogP) is 4.79. The first-order chi connectivity index (χ1) is 8.86. The van der Waals surface area contributed by atoms with Crippen molar-refractivity contribution in [2.24, 2.45) is 0 Å². The van der Waals surface area contributed by atoms with Crippen molar-refractivity contribution < 1.29 is 13.2 Å². The maximum absolute atomic E-state index is 12.9. The first kappa shape index (κ1) is 13.7. The number of nitrogens with one attached hydrogen (secondary N) is 1. The molecule has 0 atom stereocenters. The number of nitrogen functional groups attached to an aromatic ring is 1. The number of hydrogen-bond acceptors (Lipinski definition) is 2. The van der Waals surface area contributed by atoms with Crippen molar-refractivity contribution in [1.82, 2.24) is 0 Å². The van der Waals surface area contributed by atoms with Gasteiger partial charge in [0.05, 0.1) is 11.3 Å². The smallest absolute Gasteiger partial charge is 0.399 e. The molecule has 3 N–H and O–H groups in total. The fourth-order valence-corrected chi connectivity index (χ4v) is 1.94. The highest BCUT2D eigenvalue weighted by Crippen LogP contribution is 2.37. The highest BCUT2D eigenvalue weighted by Gasteiger charge is 2.33. The fraction of sp³-hybridized carbons (Fsp3) is 0.0769. The Morgan fingerprint density at radius 3 is 2.21 bits per heavy atom. The van der Waals surface area contributed by atoms with E-state index in [0.717, 1.165) is 6.07 Å². The summed E-state index contributed by atoms with van der Waals surface area (Å²) in [5.41, 5.74) is 5.90. The quantitative estimate of drug-likeness (QED) is 0.776. The molecule has 2 aromatic rings. The average molecular weight is 331 g/mol. The van der Waals surface area contributed by atoms with Crippen molar-refractivity contribution in [3.8, 4) is 0 Å². The minimum absolute atomic E-state index is 0.000437. The Bertz CT molecular complexity index is 579. The number of alkyl halides is 3. The molecule has 0 unspecified atom stereocenters. The molecule has 0 aliphatic rings. The summed E-state index contributed by atoms with van der Waals surface area (Å²) in [4.78, 5) is 0. The second-order valence-electron chi connectivity index (χ2n) is 3.93. The lowest BCUT2D eigenvalue weighted by atomic mass is 10.1. The highest BCUT2D eigenvalue weighted by atomic mass is 79.9. The van der Waals surface area contributed by atoms with Gasteiger partial charge in [0.15, 0.2) is 0 Å². The molecule has 6 heteroatoms. The van der Waals surface area contributed by atoms with Gasteiger partial charge in [0.1, 0.15) is 0 Å². The van der Waals surface area contributed by atoms with Crippen LogP contribution in [-0.4, -0.2) is 0 Å². The van der Waals surface area contributed by atoms with Gasteiger partial charge in [0.2, 0.25) is 0 Å². The lowest BCUT2D eigenvalue weighted by Gasteiger charge is -2.15. The molecule has 19 heavy (non-hydrogen) atoms.